The molecule has 0 amide bonds. The van der Waals surface area contributed by atoms with Crippen molar-refractivity contribution in [1.29, 1.82) is 0 Å². The van der Waals surface area contributed by atoms with Crippen molar-refractivity contribution in [1.82, 2.24) is 4.72 Å². The van der Waals surface area contributed by atoms with Crippen LogP contribution in [0.15, 0.2) is 57.9 Å². The minimum absolute atomic E-state index is 0.222. The lowest BCUT2D eigenvalue weighted by molar-refractivity contribution is 0.340. The lowest BCUT2D eigenvalue weighted by Gasteiger charge is -2.15. The number of halogens is 1. The first-order valence-electron chi connectivity index (χ1n) is 6.93. The van der Waals surface area contributed by atoms with E-state index in [4.69, 9.17) is 4.74 Å². The van der Waals surface area contributed by atoms with Gasteiger partial charge in [0.25, 0.3) is 0 Å². The maximum atomic E-state index is 12.4. The summed E-state index contributed by atoms with van der Waals surface area (Å²) in [7, 11) is -3.57. The topological polar surface area (TPSA) is 55.4 Å². The largest absolute Gasteiger partial charge is 0.494 e. The van der Waals surface area contributed by atoms with Crippen LogP contribution >= 0.6 is 15.9 Å². The number of rotatable bonds is 6. The van der Waals surface area contributed by atoms with E-state index in [1.165, 1.54) is 0 Å². The van der Waals surface area contributed by atoms with Gasteiger partial charge in [-0.25, -0.2) is 13.1 Å². The molecular weight excluding hydrogens is 366 g/mol. The quantitative estimate of drug-likeness (QED) is 0.822. The standard InChI is InChI=1S/C16H18BrNO3S/c1-3-21-15-8-10-16(11-9-15)22(19,20)18-12(2)13-4-6-14(17)7-5-13/h4-12,18H,3H2,1-2H3. The van der Waals surface area contributed by atoms with Crippen LogP contribution in [0, 0.1) is 0 Å². The van der Waals surface area contributed by atoms with Crippen LogP contribution in [0.3, 0.4) is 0 Å². The highest BCUT2D eigenvalue weighted by Crippen LogP contribution is 2.20. The molecule has 0 heterocycles. The average molecular weight is 384 g/mol. The normalized spacial score (nSPS) is 12.9. The molecular formula is C16H18BrNO3S. The van der Waals surface area contributed by atoms with Crippen LogP contribution in [-0.4, -0.2) is 15.0 Å². The second-order valence-corrected chi connectivity index (χ2v) is 7.43. The molecule has 22 heavy (non-hydrogen) atoms. The van der Waals surface area contributed by atoms with Gasteiger partial charge in [-0.15, -0.1) is 0 Å². The Balaban J connectivity index is 2.14. The van der Waals surface area contributed by atoms with Gasteiger partial charge in [-0.2, -0.15) is 0 Å². The second-order valence-electron chi connectivity index (χ2n) is 4.80. The van der Waals surface area contributed by atoms with Crippen LogP contribution in [0.25, 0.3) is 0 Å². The molecule has 0 radical (unpaired) electrons. The molecule has 0 aliphatic carbocycles. The molecule has 0 aliphatic rings. The van der Waals surface area contributed by atoms with E-state index in [0.29, 0.717) is 12.4 Å². The van der Waals surface area contributed by atoms with Crippen LogP contribution in [0.1, 0.15) is 25.5 Å². The minimum atomic E-state index is -3.57. The third-order valence-corrected chi connectivity index (χ3v) is 5.23. The van der Waals surface area contributed by atoms with Crippen molar-refractivity contribution in [2.75, 3.05) is 6.61 Å². The van der Waals surface area contributed by atoms with Gasteiger partial charge in [-0.05, 0) is 55.8 Å². The zero-order valence-corrected chi connectivity index (χ0v) is 14.8. The van der Waals surface area contributed by atoms with E-state index in [1.807, 2.05) is 38.1 Å². The first-order valence-corrected chi connectivity index (χ1v) is 9.20. The third kappa shape index (κ3) is 4.32. The van der Waals surface area contributed by atoms with Gasteiger partial charge in [0, 0.05) is 10.5 Å². The van der Waals surface area contributed by atoms with E-state index in [1.54, 1.807) is 24.3 Å². The third-order valence-electron chi connectivity index (χ3n) is 3.15. The number of nitrogens with one attached hydrogen (secondary N) is 1. The molecule has 118 valence electrons. The van der Waals surface area contributed by atoms with Crippen LogP contribution in [0.4, 0.5) is 0 Å². The maximum Gasteiger partial charge on any atom is 0.241 e. The Hall–Kier alpha value is -1.37. The van der Waals surface area contributed by atoms with E-state index >= 15 is 0 Å². The molecule has 0 aliphatic heterocycles. The lowest BCUT2D eigenvalue weighted by atomic mass is 10.1. The van der Waals surface area contributed by atoms with Crippen LogP contribution in [-0.2, 0) is 10.0 Å². The Morgan fingerprint density at radius 1 is 1.09 bits per heavy atom. The summed E-state index contributed by atoms with van der Waals surface area (Å²) in [6, 6.07) is 13.6. The lowest BCUT2D eigenvalue weighted by Crippen LogP contribution is -2.26. The summed E-state index contributed by atoms with van der Waals surface area (Å²) in [4.78, 5) is 0.222. The van der Waals surface area contributed by atoms with Gasteiger partial charge in [0.05, 0.1) is 11.5 Å². The van der Waals surface area contributed by atoms with Crippen molar-refractivity contribution < 1.29 is 13.2 Å². The smallest absolute Gasteiger partial charge is 0.241 e. The van der Waals surface area contributed by atoms with E-state index in [9.17, 15) is 8.42 Å². The highest BCUT2D eigenvalue weighted by atomic mass is 79.9. The molecule has 1 N–H and O–H groups in total. The molecule has 0 spiro atoms. The second kappa shape index (κ2) is 7.26. The molecule has 2 rings (SSSR count). The van der Waals surface area contributed by atoms with E-state index in [0.717, 1.165) is 10.0 Å². The van der Waals surface area contributed by atoms with Gasteiger partial charge < -0.3 is 4.74 Å². The Morgan fingerprint density at radius 2 is 1.68 bits per heavy atom. The fraction of sp³-hybridized carbons (Fsp3) is 0.250. The minimum Gasteiger partial charge on any atom is -0.494 e. The van der Waals surface area contributed by atoms with E-state index in [2.05, 4.69) is 20.7 Å². The highest BCUT2D eigenvalue weighted by molar-refractivity contribution is 9.10. The van der Waals surface area contributed by atoms with E-state index < -0.39 is 10.0 Å². The molecule has 0 bridgehead atoms. The number of sulfonamides is 1. The number of ether oxygens (including phenoxy) is 1. The maximum absolute atomic E-state index is 12.4. The monoisotopic (exact) mass is 383 g/mol. The summed E-state index contributed by atoms with van der Waals surface area (Å²) >= 11 is 3.36. The van der Waals surface area contributed by atoms with Crippen molar-refractivity contribution in [2.45, 2.75) is 24.8 Å². The fourth-order valence-electron chi connectivity index (χ4n) is 2.00. The summed E-state index contributed by atoms with van der Waals surface area (Å²) in [5, 5.41) is 0. The van der Waals surface area contributed by atoms with Crippen molar-refractivity contribution >= 4 is 26.0 Å². The summed E-state index contributed by atoms with van der Waals surface area (Å²) in [6.45, 7) is 4.24. The summed E-state index contributed by atoms with van der Waals surface area (Å²) < 4.78 is 33.7. The van der Waals surface area contributed by atoms with E-state index in [-0.39, 0.29) is 10.9 Å². The van der Waals surface area contributed by atoms with Crippen LogP contribution in [0.5, 0.6) is 5.75 Å². The van der Waals surface area contributed by atoms with Crippen molar-refractivity contribution in [3.8, 4) is 5.75 Å². The Kier molecular flexibility index (Phi) is 5.61. The molecule has 4 nitrogen and oxygen atoms in total. The van der Waals surface area contributed by atoms with Crippen molar-refractivity contribution in [3.05, 3.63) is 58.6 Å². The highest BCUT2D eigenvalue weighted by Gasteiger charge is 2.18. The summed E-state index contributed by atoms with van der Waals surface area (Å²) in [5.74, 6) is 0.655. The predicted molar refractivity (Wildman–Crippen MR) is 90.5 cm³/mol. The molecule has 0 saturated heterocycles. The Labute approximate surface area is 139 Å². The molecule has 2 aromatic carbocycles. The number of hydrogen-bond donors (Lipinski definition) is 1. The number of benzene rings is 2. The van der Waals surface area contributed by atoms with Gasteiger partial charge in [0.1, 0.15) is 5.75 Å². The molecule has 0 aromatic heterocycles. The molecule has 2 aromatic rings. The zero-order valence-electron chi connectivity index (χ0n) is 12.4. The van der Waals surface area contributed by atoms with Crippen molar-refractivity contribution in [3.63, 3.8) is 0 Å². The number of hydrogen-bond acceptors (Lipinski definition) is 3. The average Bonchev–Trinajstić information content (AvgIpc) is 2.48. The first kappa shape index (κ1) is 17.0. The molecule has 1 atom stereocenters. The van der Waals surface area contributed by atoms with Crippen LogP contribution in [0.2, 0.25) is 0 Å². The predicted octanol–water partition coefficient (Wildman–Crippen LogP) is 3.89. The Morgan fingerprint density at radius 3 is 2.23 bits per heavy atom. The summed E-state index contributed by atoms with van der Waals surface area (Å²) in [6.07, 6.45) is 0. The van der Waals surface area contributed by atoms with Gasteiger partial charge >= 0.3 is 0 Å². The van der Waals surface area contributed by atoms with Gasteiger partial charge in [0.15, 0.2) is 0 Å². The van der Waals surface area contributed by atoms with Crippen LogP contribution < -0.4 is 9.46 Å². The molecule has 6 heteroatoms. The Bertz CT molecular complexity index is 712. The fourth-order valence-corrected chi connectivity index (χ4v) is 3.50. The molecule has 0 saturated carbocycles. The molecule has 0 fully saturated rings. The SMILES string of the molecule is CCOc1ccc(S(=O)(=O)NC(C)c2ccc(Br)cc2)cc1. The van der Waals surface area contributed by atoms with Gasteiger partial charge in [-0.3, -0.25) is 0 Å². The zero-order chi connectivity index (χ0) is 16.2. The summed E-state index contributed by atoms with van der Waals surface area (Å²) in [5.41, 5.74) is 0.901. The van der Waals surface area contributed by atoms with Gasteiger partial charge in [-0.1, -0.05) is 28.1 Å². The first-order chi connectivity index (χ1) is 10.4. The van der Waals surface area contributed by atoms with Gasteiger partial charge in [0.2, 0.25) is 10.0 Å². The van der Waals surface area contributed by atoms with Crippen molar-refractivity contribution in [2.24, 2.45) is 0 Å². The molecule has 1 unspecified atom stereocenters.